The molecule has 1 aliphatic heterocycles. The molecule has 0 fully saturated rings. The molecule has 0 spiro atoms. The molecule has 1 N–H and O–H groups in total. The number of thiophene rings is 1. The number of nitrogens with zero attached hydrogens (tertiary/aromatic N) is 2. The highest BCUT2D eigenvalue weighted by molar-refractivity contribution is 7.10. The van der Waals surface area contributed by atoms with Crippen molar-refractivity contribution in [3.8, 4) is 0 Å². The fourth-order valence-corrected chi connectivity index (χ4v) is 3.53. The van der Waals surface area contributed by atoms with E-state index >= 15 is 0 Å². The lowest BCUT2D eigenvalue weighted by Gasteiger charge is -2.32. The maximum absolute atomic E-state index is 12.1. The van der Waals surface area contributed by atoms with Gasteiger partial charge in [0.05, 0.1) is 6.54 Å². The SMILES string of the molecule is Cc1cc(NC(=O)CN2CCc3sccc3[C@@H]2C)no1. The quantitative estimate of drug-likeness (QED) is 0.944. The summed E-state index contributed by atoms with van der Waals surface area (Å²) in [6.07, 6.45) is 1.02. The molecule has 1 aliphatic rings. The summed E-state index contributed by atoms with van der Waals surface area (Å²) >= 11 is 1.81. The van der Waals surface area contributed by atoms with Crippen molar-refractivity contribution in [1.82, 2.24) is 10.1 Å². The topological polar surface area (TPSA) is 58.4 Å². The molecule has 2 aromatic rings. The first kappa shape index (κ1) is 13.3. The highest BCUT2D eigenvalue weighted by Crippen LogP contribution is 2.32. The Hall–Kier alpha value is -1.66. The van der Waals surface area contributed by atoms with Crippen LogP contribution >= 0.6 is 11.3 Å². The molecule has 0 bridgehead atoms. The van der Waals surface area contributed by atoms with Crippen molar-refractivity contribution in [2.45, 2.75) is 26.3 Å². The van der Waals surface area contributed by atoms with Crippen LogP contribution in [0.1, 0.15) is 29.2 Å². The van der Waals surface area contributed by atoms with E-state index in [-0.39, 0.29) is 11.9 Å². The van der Waals surface area contributed by atoms with Gasteiger partial charge in [0.25, 0.3) is 0 Å². The molecule has 1 atom stereocenters. The highest BCUT2D eigenvalue weighted by atomic mass is 32.1. The van der Waals surface area contributed by atoms with Crippen molar-refractivity contribution in [3.05, 3.63) is 33.7 Å². The molecule has 2 aromatic heterocycles. The Labute approximate surface area is 121 Å². The standard InChI is InChI=1S/C14H17N3O2S/c1-9-7-13(16-19-9)15-14(18)8-17-5-3-12-11(10(17)2)4-6-20-12/h4,6-7,10H,3,5,8H2,1-2H3,(H,15,16,18)/t10-/m0/s1. The van der Waals surface area contributed by atoms with Crippen LogP contribution in [-0.4, -0.2) is 29.1 Å². The molecule has 0 saturated heterocycles. The smallest absolute Gasteiger partial charge is 0.239 e. The third kappa shape index (κ3) is 2.62. The van der Waals surface area contributed by atoms with Gasteiger partial charge in [-0.05, 0) is 37.3 Å². The van der Waals surface area contributed by atoms with Gasteiger partial charge in [0.15, 0.2) is 5.82 Å². The number of aromatic nitrogens is 1. The first-order chi connectivity index (χ1) is 9.63. The van der Waals surface area contributed by atoms with Crippen molar-refractivity contribution in [2.75, 3.05) is 18.4 Å². The van der Waals surface area contributed by atoms with E-state index in [9.17, 15) is 4.79 Å². The molecule has 5 nitrogen and oxygen atoms in total. The maximum Gasteiger partial charge on any atom is 0.239 e. The Balaban J connectivity index is 1.62. The van der Waals surface area contributed by atoms with Crippen LogP contribution in [0, 0.1) is 6.92 Å². The number of fused-ring (bicyclic) bond motifs is 1. The Bertz CT molecular complexity index is 619. The van der Waals surface area contributed by atoms with Crippen LogP contribution in [0.2, 0.25) is 0 Å². The lowest BCUT2D eigenvalue weighted by molar-refractivity contribution is -0.118. The lowest BCUT2D eigenvalue weighted by Crippen LogP contribution is -2.39. The molecule has 20 heavy (non-hydrogen) atoms. The molecular formula is C14H17N3O2S. The van der Waals surface area contributed by atoms with Gasteiger partial charge in [-0.15, -0.1) is 11.3 Å². The Morgan fingerprint density at radius 2 is 2.50 bits per heavy atom. The van der Waals surface area contributed by atoms with Gasteiger partial charge in [-0.25, -0.2) is 0 Å². The minimum absolute atomic E-state index is 0.0520. The van der Waals surface area contributed by atoms with E-state index in [4.69, 9.17) is 4.52 Å². The Morgan fingerprint density at radius 3 is 3.25 bits per heavy atom. The number of aryl methyl sites for hydroxylation is 1. The second-order valence-corrected chi connectivity index (χ2v) is 6.07. The van der Waals surface area contributed by atoms with Crippen molar-refractivity contribution >= 4 is 23.1 Å². The predicted molar refractivity (Wildman–Crippen MR) is 77.9 cm³/mol. The van der Waals surface area contributed by atoms with E-state index in [1.165, 1.54) is 10.4 Å². The average molecular weight is 291 g/mol. The minimum atomic E-state index is -0.0520. The second kappa shape index (κ2) is 5.38. The monoisotopic (exact) mass is 291 g/mol. The summed E-state index contributed by atoms with van der Waals surface area (Å²) in [4.78, 5) is 15.7. The first-order valence-electron chi connectivity index (χ1n) is 6.67. The molecule has 0 saturated carbocycles. The van der Waals surface area contributed by atoms with Crippen LogP contribution < -0.4 is 5.32 Å². The molecule has 3 heterocycles. The van der Waals surface area contributed by atoms with Crippen LogP contribution in [0.3, 0.4) is 0 Å². The number of hydrogen-bond acceptors (Lipinski definition) is 5. The summed E-state index contributed by atoms with van der Waals surface area (Å²) in [7, 11) is 0. The van der Waals surface area contributed by atoms with Crippen LogP contribution in [0.25, 0.3) is 0 Å². The summed E-state index contributed by atoms with van der Waals surface area (Å²) in [6, 6.07) is 4.17. The molecule has 3 rings (SSSR count). The van der Waals surface area contributed by atoms with E-state index in [0.717, 1.165) is 13.0 Å². The number of hydrogen-bond donors (Lipinski definition) is 1. The summed E-state index contributed by atoms with van der Waals surface area (Å²) < 4.78 is 4.94. The summed E-state index contributed by atoms with van der Waals surface area (Å²) in [6.45, 7) is 5.24. The van der Waals surface area contributed by atoms with Gasteiger partial charge in [-0.2, -0.15) is 0 Å². The zero-order chi connectivity index (χ0) is 14.1. The van der Waals surface area contributed by atoms with Crippen molar-refractivity contribution in [1.29, 1.82) is 0 Å². The van der Waals surface area contributed by atoms with E-state index in [1.54, 1.807) is 24.3 Å². The molecule has 6 heteroatoms. The summed E-state index contributed by atoms with van der Waals surface area (Å²) in [5.41, 5.74) is 1.35. The number of carbonyl (C=O) groups excluding carboxylic acids is 1. The third-order valence-corrected chi connectivity index (χ3v) is 4.64. The fourth-order valence-electron chi connectivity index (χ4n) is 2.57. The average Bonchev–Trinajstić information content (AvgIpc) is 3.02. The van der Waals surface area contributed by atoms with E-state index < -0.39 is 0 Å². The summed E-state index contributed by atoms with van der Waals surface area (Å²) in [5, 5.41) is 8.67. The molecule has 0 aliphatic carbocycles. The zero-order valence-electron chi connectivity index (χ0n) is 11.5. The number of amides is 1. The van der Waals surface area contributed by atoms with Gasteiger partial charge >= 0.3 is 0 Å². The number of nitrogens with one attached hydrogen (secondary N) is 1. The van der Waals surface area contributed by atoms with Gasteiger partial charge in [0.2, 0.25) is 5.91 Å². The maximum atomic E-state index is 12.1. The van der Waals surface area contributed by atoms with Crippen molar-refractivity contribution < 1.29 is 9.32 Å². The van der Waals surface area contributed by atoms with E-state index in [0.29, 0.717) is 18.1 Å². The van der Waals surface area contributed by atoms with Crippen LogP contribution in [0.4, 0.5) is 5.82 Å². The van der Waals surface area contributed by atoms with Crippen LogP contribution in [0.5, 0.6) is 0 Å². The zero-order valence-corrected chi connectivity index (χ0v) is 12.4. The predicted octanol–water partition coefficient (Wildman–Crippen LogP) is 2.60. The van der Waals surface area contributed by atoms with E-state index in [2.05, 4.69) is 33.7 Å². The second-order valence-electron chi connectivity index (χ2n) is 5.07. The van der Waals surface area contributed by atoms with Crippen LogP contribution in [0.15, 0.2) is 22.0 Å². The largest absolute Gasteiger partial charge is 0.360 e. The van der Waals surface area contributed by atoms with Gasteiger partial charge in [-0.3, -0.25) is 9.69 Å². The molecule has 0 radical (unpaired) electrons. The molecule has 106 valence electrons. The normalized spacial score (nSPS) is 18.8. The van der Waals surface area contributed by atoms with Crippen LogP contribution in [-0.2, 0) is 11.2 Å². The number of carbonyl (C=O) groups is 1. The van der Waals surface area contributed by atoms with Gasteiger partial charge in [-0.1, -0.05) is 5.16 Å². The van der Waals surface area contributed by atoms with Crippen molar-refractivity contribution in [2.24, 2.45) is 0 Å². The Morgan fingerprint density at radius 1 is 1.65 bits per heavy atom. The molecule has 1 amide bonds. The van der Waals surface area contributed by atoms with Gasteiger partial charge in [0, 0.05) is 23.5 Å². The minimum Gasteiger partial charge on any atom is -0.360 e. The lowest BCUT2D eigenvalue weighted by atomic mass is 10.0. The highest BCUT2D eigenvalue weighted by Gasteiger charge is 2.26. The third-order valence-electron chi connectivity index (χ3n) is 3.65. The first-order valence-corrected chi connectivity index (χ1v) is 7.55. The Kier molecular flexibility index (Phi) is 3.58. The number of rotatable bonds is 3. The van der Waals surface area contributed by atoms with Gasteiger partial charge < -0.3 is 9.84 Å². The van der Waals surface area contributed by atoms with Crippen molar-refractivity contribution in [3.63, 3.8) is 0 Å². The van der Waals surface area contributed by atoms with Gasteiger partial charge in [0.1, 0.15) is 5.76 Å². The molecular weight excluding hydrogens is 274 g/mol. The molecule has 0 aromatic carbocycles. The number of anilines is 1. The van der Waals surface area contributed by atoms with E-state index in [1.807, 2.05) is 0 Å². The fraction of sp³-hybridized carbons (Fsp3) is 0.429. The summed E-state index contributed by atoms with van der Waals surface area (Å²) in [5.74, 6) is 1.12. The molecule has 0 unspecified atom stereocenters.